The maximum atomic E-state index is 5.96. The third kappa shape index (κ3) is 2.71. The summed E-state index contributed by atoms with van der Waals surface area (Å²) in [6.45, 7) is 2.13. The Balaban J connectivity index is 2.29. The van der Waals surface area contributed by atoms with Gasteiger partial charge < -0.3 is 9.73 Å². The molecule has 90 valence electrons. The lowest BCUT2D eigenvalue weighted by Gasteiger charge is -2.09. The van der Waals surface area contributed by atoms with Crippen molar-refractivity contribution in [3.8, 4) is 11.3 Å². The molecular formula is C14H16ClNO. The van der Waals surface area contributed by atoms with Gasteiger partial charge in [0, 0.05) is 10.6 Å². The number of furan rings is 1. The molecule has 0 saturated carbocycles. The van der Waals surface area contributed by atoms with E-state index in [0.29, 0.717) is 0 Å². The first kappa shape index (κ1) is 12.2. The molecule has 2 aromatic rings. The molecule has 2 nitrogen and oxygen atoms in total. The maximum absolute atomic E-state index is 5.96. The molecule has 0 saturated heterocycles. The van der Waals surface area contributed by atoms with Gasteiger partial charge in [0.2, 0.25) is 0 Å². The van der Waals surface area contributed by atoms with Crippen molar-refractivity contribution in [2.45, 2.75) is 19.4 Å². The van der Waals surface area contributed by atoms with Crippen LogP contribution in [0.1, 0.15) is 25.1 Å². The van der Waals surface area contributed by atoms with E-state index in [1.165, 1.54) is 0 Å². The third-order valence-corrected chi connectivity index (χ3v) is 3.07. The molecule has 0 bridgehead atoms. The Hall–Kier alpha value is -1.25. The van der Waals surface area contributed by atoms with Crippen LogP contribution in [0.3, 0.4) is 0 Å². The summed E-state index contributed by atoms with van der Waals surface area (Å²) < 4.78 is 5.85. The number of hydrogen-bond acceptors (Lipinski definition) is 2. The van der Waals surface area contributed by atoms with Crippen LogP contribution < -0.4 is 5.32 Å². The number of benzene rings is 1. The van der Waals surface area contributed by atoms with Crippen molar-refractivity contribution in [3.05, 3.63) is 47.2 Å². The van der Waals surface area contributed by atoms with Crippen LogP contribution in [0, 0.1) is 0 Å². The Morgan fingerprint density at radius 2 is 2.12 bits per heavy atom. The lowest BCUT2D eigenvalue weighted by atomic mass is 10.1. The van der Waals surface area contributed by atoms with E-state index in [9.17, 15) is 0 Å². The standard InChI is InChI=1S/C14H16ClNO/c1-3-12(16-2)14-8-7-13(17-14)10-5-4-6-11(15)9-10/h4-9,12,16H,3H2,1-2H3. The fraction of sp³-hybridized carbons (Fsp3) is 0.286. The first-order valence-electron chi connectivity index (χ1n) is 5.77. The maximum Gasteiger partial charge on any atom is 0.134 e. The molecule has 1 N–H and O–H groups in total. The van der Waals surface area contributed by atoms with Crippen molar-refractivity contribution in [3.63, 3.8) is 0 Å². The van der Waals surface area contributed by atoms with Crippen LogP contribution in [0.4, 0.5) is 0 Å². The zero-order valence-corrected chi connectivity index (χ0v) is 10.8. The summed E-state index contributed by atoms with van der Waals surface area (Å²) in [5, 5.41) is 3.95. The molecule has 1 heterocycles. The number of hydrogen-bond donors (Lipinski definition) is 1. The van der Waals surface area contributed by atoms with Gasteiger partial charge in [0.15, 0.2) is 0 Å². The first-order valence-corrected chi connectivity index (χ1v) is 6.15. The second-order valence-electron chi connectivity index (χ2n) is 3.96. The first-order chi connectivity index (χ1) is 8.24. The fourth-order valence-corrected chi connectivity index (χ4v) is 2.07. The predicted molar refractivity (Wildman–Crippen MR) is 71.2 cm³/mol. The highest BCUT2D eigenvalue weighted by molar-refractivity contribution is 6.30. The molecule has 0 amide bonds. The molecule has 1 atom stereocenters. The summed E-state index contributed by atoms with van der Waals surface area (Å²) in [4.78, 5) is 0. The molecule has 1 unspecified atom stereocenters. The average Bonchev–Trinajstić information content (AvgIpc) is 2.80. The van der Waals surface area contributed by atoms with Gasteiger partial charge in [-0.2, -0.15) is 0 Å². The summed E-state index contributed by atoms with van der Waals surface area (Å²) in [7, 11) is 1.94. The molecule has 0 aliphatic carbocycles. The summed E-state index contributed by atoms with van der Waals surface area (Å²) in [6, 6.07) is 12.0. The second kappa shape index (κ2) is 5.39. The summed E-state index contributed by atoms with van der Waals surface area (Å²) in [5.74, 6) is 1.82. The van der Waals surface area contributed by atoms with E-state index in [-0.39, 0.29) is 6.04 Å². The Morgan fingerprint density at radius 3 is 2.76 bits per heavy atom. The van der Waals surface area contributed by atoms with E-state index in [1.54, 1.807) is 0 Å². The second-order valence-corrected chi connectivity index (χ2v) is 4.40. The molecule has 1 aromatic carbocycles. The highest BCUT2D eigenvalue weighted by Crippen LogP contribution is 2.27. The SMILES string of the molecule is CCC(NC)c1ccc(-c2cccc(Cl)c2)o1. The Bertz CT molecular complexity index is 488. The van der Waals surface area contributed by atoms with Gasteiger partial charge in [-0.1, -0.05) is 30.7 Å². The molecule has 0 aliphatic rings. The van der Waals surface area contributed by atoms with Gasteiger partial charge in [-0.15, -0.1) is 0 Å². The molecule has 2 rings (SSSR count). The normalized spacial score (nSPS) is 12.6. The highest BCUT2D eigenvalue weighted by Gasteiger charge is 2.12. The predicted octanol–water partition coefficient (Wildman–Crippen LogP) is 4.27. The van der Waals surface area contributed by atoms with Crippen LogP contribution in [0.15, 0.2) is 40.8 Å². The van der Waals surface area contributed by atoms with E-state index in [1.807, 2.05) is 43.4 Å². The van der Waals surface area contributed by atoms with Crippen molar-refractivity contribution in [2.75, 3.05) is 7.05 Å². The van der Waals surface area contributed by atoms with Gasteiger partial charge in [0.1, 0.15) is 11.5 Å². The number of rotatable bonds is 4. The van der Waals surface area contributed by atoms with Gasteiger partial charge in [-0.25, -0.2) is 0 Å². The Kier molecular flexibility index (Phi) is 3.87. The van der Waals surface area contributed by atoms with Gasteiger partial charge in [0.05, 0.1) is 6.04 Å². The van der Waals surface area contributed by atoms with E-state index in [4.69, 9.17) is 16.0 Å². The van der Waals surface area contributed by atoms with Crippen LogP contribution in [-0.2, 0) is 0 Å². The summed E-state index contributed by atoms with van der Waals surface area (Å²) in [6.07, 6.45) is 0.999. The van der Waals surface area contributed by atoms with Crippen molar-refractivity contribution >= 4 is 11.6 Å². The van der Waals surface area contributed by atoms with Gasteiger partial charge >= 0.3 is 0 Å². The van der Waals surface area contributed by atoms with Crippen LogP contribution >= 0.6 is 11.6 Å². The molecular weight excluding hydrogens is 234 g/mol. The molecule has 0 radical (unpaired) electrons. The van der Waals surface area contributed by atoms with Gasteiger partial charge in [0.25, 0.3) is 0 Å². The zero-order valence-electron chi connectivity index (χ0n) is 10.0. The fourth-order valence-electron chi connectivity index (χ4n) is 1.88. The van der Waals surface area contributed by atoms with Crippen molar-refractivity contribution in [1.29, 1.82) is 0 Å². The van der Waals surface area contributed by atoms with E-state index < -0.39 is 0 Å². The van der Waals surface area contributed by atoms with Crippen molar-refractivity contribution in [2.24, 2.45) is 0 Å². The highest BCUT2D eigenvalue weighted by atomic mass is 35.5. The molecule has 0 aliphatic heterocycles. The molecule has 3 heteroatoms. The van der Waals surface area contributed by atoms with Crippen LogP contribution in [0.25, 0.3) is 11.3 Å². The lowest BCUT2D eigenvalue weighted by Crippen LogP contribution is -2.14. The quantitative estimate of drug-likeness (QED) is 0.875. The van der Waals surface area contributed by atoms with Crippen LogP contribution in [-0.4, -0.2) is 7.05 Å². The third-order valence-electron chi connectivity index (χ3n) is 2.84. The van der Waals surface area contributed by atoms with E-state index in [2.05, 4.69) is 12.2 Å². The van der Waals surface area contributed by atoms with Crippen LogP contribution in [0.2, 0.25) is 5.02 Å². The molecule has 0 fully saturated rings. The molecule has 17 heavy (non-hydrogen) atoms. The number of nitrogens with one attached hydrogen (secondary N) is 1. The lowest BCUT2D eigenvalue weighted by molar-refractivity contribution is 0.431. The van der Waals surface area contributed by atoms with Crippen LogP contribution in [0.5, 0.6) is 0 Å². The number of halogens is 1. The molecule has 0 spiro atoms. The van der Waals surface area contributed by atoms with Gasteiger partial charge in [-0.05, 0) is 37.7 Å². The zero-order chi connectivity index (χ0) is 12.3. The van der Waals surface area contributed by atoms with Crippen molar-refractivity contribution < 1.29 is 4.42 Å². The minimum atomic E-state index is 0.267. The minimum Gasteiger partial charge on any atom is -0.459 e. The molecule has 1 aromatic heterocycles. The van der Waals surface area contributed by atoms with E-state index >= 15 is 0 Å². The monoisotopic (exact) mass is 249 g/mol. The smallest absolute Gasteiger partial charge is 0.134 e. The minimum absolute atomic E-state index is 0.267. The van der Waals surface area contributed by atoms with E-state index in [0.717, 1.165) is 28.5 Å². The summed E-state index contributed by atoms with van der Waals surface area (Å²) in [5.41, 5.74) is 1.01. The van der Waals surface area contributed by atoms with Gasteiger partial charge in [-0.3, -0.25) is 0 Å². The van der Waals surface area contributed by atoms with Crippen molar-refractivity contribution in [1.82, 2.24) is 5.32 Å². The Morgan fingerprint density at radius 1 is 1.29 bits per heavy atom. The largest absolute Gasteiger partial charge is 0.459 e. The average molecular weight is 250 g/mol. The summed E-state index contributed by atoms with van der Waals surface area (Å²) >= 11 is 5.96. The topological polar surface area (TPSA) is 25.2 Å². The Labute approximate surface area is 107 Å².